The van der Waals surface area contributed by atoms with Crippen LogP contribution < -0.4 is 0 Å². The van der Waals surface area contributed by atoms with E-state index in [0.717, 1.165) is 38.2 Å². The van der Waals surface area contributed by atoms with Gasteiger partial charge >= 0.3 is 5.97 Å². The third-order valence-electron chi connectivity index (χ3n) is 5.54. The Morgan fingerprint density at radius 1 is 0.656 bits per heavy atom. The first-order chi connectivity index (χ1) is 15.6. The molecule has 0 bridgehead atoms. The average molecular weight is 420 g/mol. The minimum Gasteiger partial charge on any atom is -0.508 e. The highest BCUT2D eigenvalue weighted by Crippen LogP contribution is 2.32. The van der Waals surface area contributed by atoms with Gasteiger partial charge in [-0.05, 0) is 74.6 Å². The van der Waals surface area contributed by atoms with E-state index in [-0.39, 0.29) is 23.7 Å². The summed E-state index contributed by atoms with van der Waals surface area (Å²) < 4.78 is 5.40. The Balaban J connectivity index is 1.47. The predicted molar refractivity (Wildman–Crippen MR) is 126 cm³/mol. The van der Waals surface area contributed by atoms with Gasteiger partial charge in [-0.25, -0.2) is 4.79 Å². The van der Waals surface area contributed by atoms with Crippen molar-refractivity contribution in [2.75, 3.05) is 0 Å². The molecule has 5 aromatic rings. The van der Waals surface area contributed by atoms with E-state index in [9.17, 15) is 15.0 Å². The molecule has 5 rings (SSSR count). The van der Waals surface area contributed by atoms with Gasteiger partial charge in [0.05, 0.1) is 0 Å². The van der Waals surface area contributed by atoms with Crippen LogP contribution in [0.2, 0.25) is 0 Å². The van der Waals surface area contributed by atoms with Crippen molar-refractivity contribution in [2.45, 2.75) is 6.61 Å². The van der Waals surface area contributed by atoms with Crippen LogP contribution in [0, 0.1) is 0 Å². The number of esters is 1. The van der Waals surface area contributed by atoms with Crippen LogP contribution in [0.5, 0.6) is 11.5 Å². The molecule has 0 aromatic heterocycles. The second kappa shape index (κ2) is 8.08. The summed E-state index contributed by atoms with van der Waals surface area (Å²) >= 11 is 0. The van der Waals surface area contributed by atoms with E-state index in [4.69, 9.17) is 4.74 Å². The van der Waals surface area contributed by atoms with Crippen molar-refractivity contribution in [1.82, 2.24) is 0 Å². The van der Waals surface area contributed by atoms with Crippen LogP contribution in [0.3, 0.4) is 0 Å². The molecule has 0 aliphatic rings. The number of rotatable bonds is 4. The molecule has 0 unspecified atom stereocenters. The molecule has 0 spiro atoms. The Hall–Kier alpha value is -4.31. The van der Waals surface area contributed by atoms with Crippen molar-refractivity contribution in [3.8, 4) is 22.6 Å². The summed E-state index contributed by atoms with van der Waals surface area (Å²) in [5.41, 5.74) is 3.03. The summed E-state index contributed by atoms with van der Waals surface area (Å²) in [6.07, 6.45) is 0. The van der Waals surface area contributed by atoms with Gasteiger partial charge in [0, 0.05) is 0 Å². The number of fused-ring (bicyclic) bond motifs is 2. The minimum atomic E-state index is -0.566. The van der Waals surface area contributed by atoms with E-state index in [0.29, 0.717) is 0 Å². The standard InChI is InChI=1S/C28H20O4/c29-25-11-10-21-12-19(6-8-22(21)14-25)20-7-9-23-16-27(30)26(15-24(23)13-20)28(31)32-17-18-4-2-1-3-5-18/h1-16,29-30H,17H2. The average Bonchev–Trinajstić information content (AvgIpc) is 2.82. The number of carbonyl (C=O) groups is 1. The maximum Gasteiger partial charge on any atom is 0.342 e. The molecular formula is C28H20O4. The molecule has 0 atom stereocenters. The van der Waals surface area contributed by atoms with Crippen LogP contribution in [0.15, 0.2) is 97.1 Å². The van der Waals surface area contributed by atoms with Crippen molar-refractivity contribution >= 4 is 27.5 Å². The fourth-order valence-electron chi connectivity index (χ4n) is 3.84. The molecular weight excluding hydrogens is 400 g/mol. The normalized spacial score (nSPS) is 11.0. The van der Waals surface area contributed by atoms with Gasteiger partial charge in [-0.3, -0.25) is 0 Å². The Bertz CT molecular complexity index is 1460. The molecule has 0 aliphatic carbocycles. The first-order valence-electron chi connectivity index (χ1n) is 10.3. The lowest BCUT2D eigenvalue weighted by Gasteiger charge is -2.10. The fourth-order valence-corrected chi connectivity index (χ4v) is 3.84. The second-order valence-corrected chi connectivity index (χ2v) is 7.74. The molecule has 5 aromatic carbocycles. The van der Waals surface area contributed by atoms with E-state index < -0.39 is 5.97 Å². The number of aromatic hydroxyl groups is 2. The van der Waals surface area contributed by atoms with Crippen LogP contribution in [0.4, 0.5) is 0 Å². The Kier molecular flexibility index (Phi) is 4.96. The van der Waals surface area contributed by atoms with Gasteiger partial charge in [-0.15, -0.1) is 0 Å². The third-order valence-corrected chi connectivity index (χ3v) is 5.54. The van der Waals surface area contributed by atoms with Crippen LogP contribution in [-0.4, -0.2) is 16.2 Å². The molecule has 2 N–H and O–H groups in total. The van der Waals surface area contributed by atoms with Crippen molar-refractivity contribution in [3.63, 3.8) is 0 Å². The fraction of sp³-hybridized carbons (Fsp3) is 0.0357. The third kappa shape index (κ3) is 3.86. The molecule has 0 saturated heterocycles. The smallest absolute Gasteiger partial charge is 0.342 e. The number of phenolic OH excluding ortho intramolecular Hbond substituents is 2. The number of phenols is 2. The summed E-state index contributed by atoms with van der Waals surface area (Å²) in [5, 5.41) is 23.7. The lowest BCUT2D eigenvalue weighted by atomic mass is 9.97. The summed E-state index contributed by atoms with van der Waals surface area (Å²) in [4.78, 5) is 12.6. The minimum absolute atomic E-state index is 0.103. The van der Waals surface area contributed by atoms with Gasteiger partial charge < -0.3 is 14.9 Å². The zero-order valence-electron chi connectivity index (χ0n) is 17.2. The van der Waals surface area contributed by atoms with E-state index in [1.54, 1.807) is 24.3 Å². The van der Waals surface area contributed by atoms with Crippen molar-refractivity contribution < 1.29 is 19.7 Å². The Labute approximate surface area is 185 Å². The van der Waals surface area contributed by atoms with Crippen LogP contribution in [-0.2, 0) is 11.3 Å². The van der Waals surface area contributed by atoms with Crippen LogP contribution in [0.1, 0.15) is 15.9 Å². The zero-order valence-corrected chi connectivity index (χ0v) is 17.2. The second-order valence-electron chi connectivity index (χ2n) is 7.74. The topological polar surface area (TPSA) is 66.8 Å². The first-order valence-corrected chi connectivity index (χ1v) is 10.3. The highest BCUT2D eigenvalue weighted by molar-refractivity contribution is 6.00. The van der Waals surface area contributed by atoms with Gasteiger partial charge in [-0.1, -0.05) is 60.7 Å². The highest BCUT2D eigenvalue weighted by atomic mass is 16.5. The molecule has 4 nitrogen and oxygen atoms in total. The number of ether oxygens (including phenoxy) is 1. The van der Waals surface area contributed by atoms with Crippen LogP contribution in [0.25, 0.3) is 32.7 Å². The summed E-state index contributed by atoms with van der Waals surface area (Å²) in [7, 11) is 0. The van der Waals surface area contributed by atoms with E-state index in [1.165, 1.54) is 0 Å². The Morgan fingerprint density at radius 3 is 2.03 bits per heavy atom. The van der Waals surface area contributed by atoms with Gasteiger partial charge in [-0.2, -0.15) is 0 Å². The number of carbonyl (C=O) groups excluding carboxylic acids is 1. The van der Waals surface area contributed by atoms with E-state index in [2.05, 4.69) is 6.07 Å². The van der Waals surface area contributed by atoms with E-state index >= 15 is 0 Å². The molecule has 32 heavy (non-hydrogen) atoms. The molecule has 0 saturated carbocycles. The van der Waals surface area contributed by atoms with Gasteiger partial charge in [0.2, 0.25) is 0 Å². The monoisotopic (exact) mass is 420 g/mol. The SMILES string of the molecule is O=C(OCc1ccccc1)c1cc2cc(-c3ccc4cc(O)ccc4c3)ccc2cc1O. The Morgan fingerprint density at radius 2 is 1.28 bits per heavy atom. The maximum atomic E-state index is 12.6. The van der Waals surface area contributed by atoms with Gasteiger partial charge in [0.15, 0.2) is 0 Å². The largest absolute Gasteiger partial charge is 0.508 e. The maximum absolute atomic E-state index is 12.6. The number of hydrogen-bond acceptors (Lipinski definition) is 4. The summed E-state index contributed by atoms with van der Waals surface area (Å²) in [6.45, 7) is 0.143. The van der Waals surface area contributed by atoms with E-state index in [1.807, 2.05) is 66.7 Å². The van der Waals surface area contributed by atoms with Gasteiger partial charge in [0.1, 0.15) is 23.7 Å². The number of hydrogen-bond donors (Lipinski definition) is 2. The first kappa shape index (κ1) is 19.6. The molecule has 156 valence electrons. The lowest BCUT2D eigenvalue weighted by molar-refractivity contribution is 0.0469. The molecule has 0 aliphatic heterocycles. The molecule has 0 amide bonds. The predicted octanol–water partition coefficient (Wildman–Crippen LogP) is 6.43. The summed E-state index contributed by atoms with van der Waals surface area (Å²) in [5.74, 6) is -0.430. The van der Waals surface area contributed by atoms with Crippen LogP contribution >= 0.6 is 0 Å². The van der Waals surface area contributed by atoms with Crippen molar-refractivity contribution in [1.29, 1.82) is 0 Å². The molecule has 0 fully saturated rings. The quantitative estimate of drug-likeness (QED) is 0.329. The number of benzene rings is 5. The lowest BCUT2D eigenvalue weighted by Crippen LogP contribution is -2.05. The molecule has 0 heterocycles. The van der Waals surface area contributed by atoms with Crippen molar-refractivity contribution in [2.24, 2.45) is 0 Å². The van der Waals surface area contributed by atoms with Crippen molar-refractivity contribution in [3.05, 3.63) is 108 Å². The zero-order chi connectivity index (χ0) is 22.1. The summed E-state index contributed by atoms with van der Waals surface area (Å²) in [6, 6.07) is 29.9. The molecule has 4 heteroatoms. The van der Waals surface area contributed by atoms with Gasteiger partial charge in [0.25, 0.3) is 0 Å². The molecule has 0 radical (unpaired) electrons. The highest BCUT2D eigenvalue weighted by Gasteiger charge is 2.15.